The summed E-state index contributed by atoms with van der Waals surface area (Å²) in [5.74, 6) is 0. The molecule has 0 fully saturated rings. The van der Waals surface area contributed by atoms with Crippen LogP contribution >= 0.6 is 0 Å². The van der Waals surface area contributed by atoms with Gasteiger partial charge in [0.2, 0.25) is 10.0 Å². The normalized spacial score (nSPS) is 15.5. The summed E-state index contributed by atoms with van der Waals surface area (Å²) in [7, 11) is -3.07. The minimum absolute atomic E-state index is 0.267. The predicted molar refractivity (Wildman–Crippen MR) is 71.9 cm³/mol. The summed E-state index contributed by atoms with van der Waals surface area (Å²) in [6, 6.07) is 2.45. The fourth-order valence-electron chi connectivity index (χ4n) is 1.60. The molecule has 0 saturated heterocycles. The molecule has 6 nitrogen and oxygen atoms in total. The number of hydrogen-bond donors (Lipinski definition) is 2. The van der Waals surface area contributed by atoms with Crippen molar-refractivity contribution >= 4 is 10.0 Å². The summed E-state index contributed by atoms with van der Waals surface area (Å²) >= 11 is 0. The lowest BCUT2D eigenvalue weighted by Crippen LogP contribution is -2.36. The molecule has 1 aromatic rings. The summed E-state index contributed by atoms with van der Waals surface area (Å²) in [5.41, 5.74) is 0. The fourth-order valence-corrected chi connectivity index (χ4v) is 2.11. The third-order valence-corrected chi connectivity index (χ3v) is 3.58. The molecule has 0 bridgehead atoms. The highest BCUT2D eigenvalue weighted by Crippen LogP contribution is 2.08. The van der Waals surface area contributed by atoms with Crippen LogP contribution in [0.1, 0.15) is 26.3 Å². The summed E-state index contributed by atoms with van der Waals surface area (Å²) in [4.78, 5) is 0. The van der Waals surface area contributed by atoms with Crippen LogP contribution in [0.5, 0.6) is 0 Å². The second kappa shape index (κ2) is 6.86. The Balaban J connectivity index is 2.19. The van der Waals surface area contributed by atoms with E-state index in [0.717, 1.165) is 13.0 Å². The molecule has 1 aromatic heterocycles. The Morgan fingerprint density at radius 1 is 1.33 bits per heavy atom. The number of aromatic nitrogens is 2. The molecule has 0 aromatic carbocycles. The Kier molecular flexibility index (Phi) is 5.77. The lowest BCUT2D eigenvalue weighted by atomic mass is 10.1. The van der Waals surface area contributed by atoms with Gasteiger partial charge in [0.25, 0.3) is 0 Å². The van der Waals surface area contributed by atoms with E-state index in [0.29, 0.717) is 6.54 Å². The number of nitrogens with one attached hydrogen (secondary N) is 2. The second-order valence-electron chi connectivity index (χ2n) is 4.49. The van der Waals surface area contributed by atoms with Gasteiger partial charge in [0.05, 0.1) is 12.3 Å². The molecular formula is C11H22N4O2S. The van der Waals surface area contributed by atoms with E-state index in [1.807, 2.05) is 16.9 Å². The van der Waals surface area contributed by atoms with Gasteiger partial charge in [-0.15, -0.1) is 0 Å². The van der Waals surface area contributed by atoms with Crippen LogP contribution in [-0.4, -0.2) is 43.6 Å². The van der Waals surface area contributed by atoms with Crippen LogP contribution in [0.15, 0.2) is 18.5 Å². The summed E-state index contributed by atoms with van der Waals surface area (Å²) in [6.07, 6.45) is 5.64. The van der Waals surface area contributed by atoms with Gasteiger partial charge in [-0.1, -0.05) is 0 Å². The quantitative estimate of drug-likeness (QED) is 0.671. The maximum absolute atomic E-state index is 10.8. The molecule has 0 spiro atoms. The Labute approximate surface area is 109 Å². The highest BCUT2D eigenvalue weighted by molar-refractivity contribution is 7.88. The van der Waals surface area contributed by atoms with E-state index < -0.39 is 10.0 Å². The van der Waals surface area contributed by atoms with Gasteiger partial charge in [-0.2, -0.15) is 5.10 Å². The molecule has 1 rings (SSSR count). The molecule has 104 valence electrons. The van der Waals surface area contributed by atoms with Gasteiger partial charge in [0.1, 0.15) is 0 Å². The van der Waals surface area contributed by atoms with Gasteiger partial charge in [0.15, 0.2) is 0 Å². The summed E-state index contributed by atoms with van der Waals surface area (Å²) in [5, 5.41) is 7.56. The van der Waals surface area contributed by atoms with Gasteiger partial charge < -0.3 is 5.32 Å². The Morgan fingerprint density at radius 3 is 2.61 bits per heavy atom. The fraction of sp³-hybridized carbons (Fsp3) is 0.727. The largest absolute Gasteiger partial charge is 0.312 e. The van der Waals surface area contributed by atoms with Crippen LogP contribution in [0.2, 0.25) is 0 Å². The molecule has 0 aliphatic carbocycles. The topological polar surface area (TPSA) is 76.0 Å². The van der Waals surface area contributed by atoms with E-state index >= 15 is 0 Å². The van der Waals surface area contributed by atoms with Crippen molar-refractivity contribution in [2.75, 3.05) is 19.3 Å². The Hall–Kier alpha value is -0.920. The predicted octanol–water partition coefficient (Wildman–Crippen LogP) is 0.362. The highest BCUT2D eigenvalue weighted by atomic mass is 32.2. The van der Waals surface area contributed by atoms with Crippen LogP contribution in [0.3, 0.4) is 0 Å². The zero-order valence-corrected chi connectivity index (χ0v) is 11.9. The van der Waals surface area contributed by atoms with Crippen LogP contribution in [0, 0.1) is 0 Å². The lowest BCUT2D eigenvalue weighted by Gasteiger charge is -2.21. The minimum Gasteiger partial charge on any atom is -0.312 e. The average Bonchev–Trinajstić information content (AvgIpc) is 2.79. The van der Waals surface area contributed by atoms with Gasteiger partial charge in [0, 0.05) is 25.0 Å². The molecule has 1 heterocycles. The lowest BCUT2D eigenvalue weighted by molar-refractivity contribution is 0.365. The third kappa shape index (κ3) is 5.61. The molecule has 0 unspecified atom stereocenters. The third-order valence-electron chi connectivity index (χ3n) is 2.85. The summed E-state index contributed by atoms with van der Waals surface area (Å²) in [6.45, 7) is 5.43. The number of hydrogen-bond acceptors (Lipinski definition) is 4. The molecule has 0 saturated carbocycles. The van der Waals surface area contributed by atoms with Crippen LogP contribution < -0.4 is 10.0 Å². The van der Waals surface area contributed by atoms with Crippen molar-refractivity contribution < 1.29 is 8.42 Å². The molecule has 2 atom stereocenters. The zero-order chi connectivity index (χ0) is 13.6. The minimum atomic E-state index is -3.07. The number of rotatable bonds is 8. The molecule has 0 radical (unpaired) electrons. The highest BCUT2D eigenvalue weighted by Gasteiger charge is 2.12. The standard InChI is InChI=1S/C11H22N4O2S/c1-10(11(2)15-9-5-7-13-15)12-6-4-8-14-18(3,16)17/h5,7,9-12,14H,4,6,8H2,1-3H3/t10-,11-/m1/s1. The molecule has 0 aliphatic heterocycles. The number of nitrogens with zero attached hydrogens (tertiary/aromatic N) is 2. The van der Waals surface area contributed by atoms with Crippen molar-refractivity contribution in [2.24, 2.45) is 0 Å². The van der Waals surface area contributed by atoms with Gasteiger partial charge in [-0.25, -0.2) is 13.1 Å². The molecule has 2 N–H and O–H groups in total. The first-order valence-corrected chi connectivity index (χ1v) is 7.96. The second-order valence-corrected chi connectivity index (χ2v) is 6.32. The Bertz CT molecular complexity index is 430. The van der Waals surface area contributed by atoms with Crippen LogP contribution in [0.25, 0.3) is 0 Å². The molecule has 0 amide bonds. The molecular weight excluding hydrogens is 252 g/mol. The molecule has 7 heteroatoms. The van der Waals surface area contributed by atoms with Crippen LogP contribution in [0.4, 0.5) is 0 Å². The first-order chi connectivity index (χ1) is 8.40. The van der Waals surface area contributed by atoms with E-state index in [1.165, 1.54) is 6.26 Å². The van der Waals surface area contributed by atoms with Gasteiger partial charge in [-0.3, -0.25) is 4.68 Å². The Morgan fingerprint density at radius 2 is 2.06 bits per heavy atom. The average molecular weight is 274 g/mol. The molecule has 0 aliphatic rings. The van der Waals surface area contributed by atoms with Crippen molar-refractivity contribution in [1.82, 2.24) is 19.8 Å². The smallest absolute Gasteiger partial charge is 0.208 e. The maximum atomic E-state index is 10.8. The maximum Gasteiger partial charge on any atom is 0.208 e. The van der Waals surface area contributed by atoms with E-state index in [4.69, 9.17) is 0 Å². The van der Waals surface area contributed by atoms with Crippen molar-refractivity contribution in [1.29, 1.82) is 0 Å². The monoisotopic (exact) mass is 274 g/mol. The van der Waals surface area contributed by atoms with E-state index in [1.54, 1.807) is 6.20 Å². The first kappa shape index (κ1) is 15.1. The first-order valence-electron chi connectivity index (χ1n) is 6.07. The summed E-state index contributed by atoms with van der Waals surface area (Å²) < 4.78 is 26.1. The number of sulfonamides is 1. The zero-order valence-electron chi connectivity index (χ0n) is 11.1. The van der Waals surface area contributed by atoms with Crippen LogP contribution in [-0.2, 0) is 10.0 Å². The van der Waals surface area contributed by atoms with E-state index in [2.05, 4.69) is 29.0 Å². The van der Waals surface area contributed by atoms with E-state index in [9.17, 15) is 8.42 Å². The molecule has 18 heavy (non-hydrogen) atoms. The SMILES string of the molecule is C[C@H]([C@@H](C)NCCCNS(C)(=O)=O)n1cccn1. The van der Waals surface area contributed by atoms with Crippen molar-refractivity contribution in [3.63, 3.8) is 0 Å². The van der Waals surface area contributed by atoms with Gasteiger partial charge in [-0.05, 0) is 32.9 Å². The van der Waals surface area contributed by atoms with Gasteiger partial charge >= 0.3 is 0 Å². The van der Waals surface area contributed by atoms with Crippen molar-refractivity contribution in [2.45, 2.75) is 32.4 Å². The van der Waals surface area contributed by atoms with Crippen molar-refractivity contribution in [3.8, 4) is 0 Å². The van der Waals surface area contributed by atoms with Crippen molar-refractivity contribution in [3.05, 3.63) is 18.5 Å². The van der Waals surface area contributed by atoms with E-state index in [-0.39, 0.29) is 12.1 Å².